The Bertz CT molecular complexity index is 517. The summed E-state index contributed by atoms with van der Waals surface area (Å²) in [6, 6.07) is 4.39. The average molecular weight is 294 g/mol. The summed E-state index contributed by atoms with van der Waals surface area (Å²) >= 11 is 0. The highest BCUT2D eigenvalue weighted by Gasteiger charge is 2.15. The normalized spacial score (nSPS) is 10.7. The van der Waals surface area contributed by atoms with E-state index in [9.17, 15) is 14.9 Å². The number of nitrogens with two attached hydrogens (primary N) is 1. The molecule has 2 N–H and O–H groups in total. The maximum absolute atomic E-state index is 11.8. The Morgan fingerprint density at radius 2 is 2.05 bits per heavy atom. The summed E-state index contributed by atoms with van der Waals surface area (Å²) < 4.78 is 0. The monoisotopic (exact) mass is 294 g/mol. The summed E-state index contributed by atoms with van der Waals surface area (Å²) in [6.45, 7) is 3.43. The van der Waals surface area contributed by atoms with Crippen LogP contribution in [-0.4, -0.2) is 47.8 Å². The Morgan fingerprint density at radius 1 is 1.38 bits per heavy atom. The molecular weight excluding hydrogens is 272 g/mol. The third-order valence-corrected chi connectivity index (χ3v) is 3.13. The molecule has 0 unspecified atom stereocenters. The summed E-state index contributed by atoms with van der Waals surface area (Å²) in [5.74, 6) is -0.00699. The van der Waals surface area contributed by atoms with Gasteiger partial charge in [-0.2, -0.15) is 0 Å². The molecule has 7 heteroatoms. The zero-order chi connectivity index (χ0) is 16.0. The molecular formula is C14H22N4O3. The molecule has 116 valence electrons. The predicted molar refractivity (Wildman–Crippen MR) is 81.8 cm³/mol. The van der Waals surface area contributed by atoms with Crippen molar-refractivity contribution in [1.29, 1.82) is 0 Å². The number of nitrogen functional groups attached to an aromatic ring is 1. The summed E-state index contributed by atoms with van der Waals surface area (Å²) in [7, 11) is 3.41. The Labute approximate surface area is 124 Å². The lowest BCUT2D eigenvalue weighted by molar-refractivity contribution is -0.384. The molecule has 0 aromatic heterocycles. The van der Waals surface area contributed by atoms with Crippen LogP contribution >= 0.6 is 0 Å². The van der Waals surface area contributed by atoms with E-state index in [1.54, 1.807) is 14.1 Å². The number of hydrogen-bond acceptors (Lipinski definition) is 5. The Balaban J connectivity index is 2.90. The Kier molecular flexibility index (Phi) is 6.10. The molecule has 0 aliphatic rings. The van der Waals surface area contributed by atoms with Crippen molar-refractivity contribution in [3.8, 4) is 0 Å². The largest absolute Gasteiger partial charge is 0.398 e. The molecule has 0 aliphatic heterocycles. The Morgan fingerprint density at radius 3 is 2.57 bits per heavy atom. The fourth-order valence-electron chi connectivity index (χ4n) is 1.95. The molecule has 1 rings (SSSR count). The second kappa shape index (κ2) is 7.58. The standard InChI is InChI=1S/C14H22N4O3/c1-4-7-17(10-14(19)16(2)3)9-11-8-12(18(20)21)5-6-13(11)15/h5-6,8H,4,7,9-10,15H2,1-3H3. The van der Waals surface area contributed by atoms with Crippen LogP contribution in [0.25, 0.3) is 0 Å². The van der Waals surface area contributed by atoms with E-state index in [-0.39, 0.29) is 18.1 Å². The van der Waals surface area contributed by atoms with Crippen LogP contribution in [-0.2, 0) is 11.3 Å². The van der Waals surface area contributed by atoms with Crippen LogP contribution in [0.4, 0.5) is 11.4 Å². The predicted octanol–water partition coefficient (Wildman–Crippen LogP) is 1.48. The SMILES string of the molecule is CCCN(CC(=O)N(C)C)Cc1cc([N+](=O)[O-])ccc1N. The average Bonchev–Trinajstić information content (AvgIpc) is 2.40. The topological polar surface area (TPSA) is 92.7 Å². The van der Waals surface area contributed by atoms with E-state index >= 15 is 0 Å². The van der Waals surface area contributed by atoms with Gasteiger partial charge in [0.1, 0.15) is 0 Å². The van der Waals surface area contributed by atoms with Gasteiger partial charge in [-0.15, -0.1) is 0 Å². The fourth-order valence-corrected chi connectivity index (χ4v) is 1.95. The lowest BCUT2D eigenvalue weighted by Crippen LogP contribution is -2.36. The number of carbonyl (C=O) groups excluding carboxylic acids is 1. The van der Waals surface area contributed by atoms with E-state index < -0.39 is 4.92 Å². The molecule has 0 atom stereocenters. The maximum Gasteiger partial charge on any atom is 0.269 e. The first-order valence-electron chi connectivity index (χ1n) is 6.80. The van der Waals surface area contributed by atoms with Crippen molar-refractivity contribution in [2.75, 3.05) is 32.9 Å². The van der Waals surface area contributed by atoms with E-state index in [1.807, 2.05) is 11.8 Å². The first-order chi connectivity index (χ1) is 9.85. The highest BCUT2D eigenvalue weighted by molar-refractivity contribution is 5.77. The minimum Gasteiger partial charge on any atom is -0.398 e. The van der Waals surface area contributed by atoms with Crippen molar-refractivity contribution in [2.24, 2.45) is 0 Å². The van der Waals surface area contributed by atoms with Gasteiger partial charge in [0, 0.05) is 38.5 Å². The van der Waals surface area contributed by atoms with Gasteiger partial charge in [-0.25, -0.2) is 0 Å². The third kappa shape index (κ3) is 5.03. The maximum atomic E-state index is 11.8. The van der Waals surface area contributed by atoms with Gasteiger partial charge >= 0.3 is 0 Å². The number of benzene rings is 1. The van der Waals surface area contributed by atoms with Crippen LogP contribution in [0.2, 0.25) is 0 Å². The summed E-state index contributed by atoms with van der Waals surface area (Å²) in [5, 5.41) is 10.8. The number of nitrogens with zero attached hydrogens (tertiary/aromatic N) is 3. The first-order valence-corrected chi connectivity index (χ1v) is 6.80. The van der Waals surface area contributed by atoms with Crippen molar-refractivity contribution in [3.05, 3.63) is 33.9 Å². The van der Waals surface area contributed by atoms with E-state index in [2.05, 4.69) is 0 Å². The van der Waals surface area contributed by atoms with Gasteiger partial charge < -0.3 is 10.6 Å². The molecule has 0 saturated carbocycles. The van der Waals surface area contributed by atoms with Crippen molar-refractivity contribution in [2.45, 2.75) is 19.9 Å². The fraction of sp³-hybridized carbons (Fsp3) is 0.500. The third-order valence-electron chi connectivity index (χ3n) is 3.13. The molecule has 0 bridgehead atoms. The van der Waals surface area contributed by atoms with Gasteiger partial charge in [-0.1, -0.05) is 6.92 Å². The van der Waals surface area contributed by atoms with Crippen LogP contribution in [0, 0.1) is 10.1 Å². The molecule has 0 spiro atoms. The molecule has 1 aromatic carbocycles. The van der Waals surface area contributed by atoms with Gasteiger partial charge in [0.15, 0.2) is 0 Å². The van der Waals surface area contributed by atoms with Crippen LogP contribution in [0.15, 0.2) is 18.2 Å². The number of nitro groups is 1. The first kappa shape index (κ1) is 16.9. The molecule has 0 heterocycles. The molecule has 0 saturated heterocycles. The van der Waals surface area contributed by atoms with Crippen LogP contribution in [0.5, 0.6) is 0 Å². The molecule has 0 fully saturated rings. The van der Waals surface area contributed by atoms with E-state index in [4.69, 9.17) is 5.73 Å². The second-order valence-electron chi connectivity index (χ2n) is 5.14. The van der Waals surface area contributed by atoms with Crippen molar-refractivity contribution < 1.29 is 9.72 Å². The summed E-state index contributed by atoms with van der Waals surface area (Å²) in [4.78, 5) is 25.7. The van der Waals surface area contributed by atoms with E-state index in [0.717, 1.165) is 13.0 Å². The molecule has 0 aliphatic carbocycles. The van der Waals surface area contributed by atoms with Gasteiger partial charge in [-0.3, -0.25) is 19.8 Å². The number of carbonyl (C=O) groups is 1. The molecule has 7 nitrogen and oxygen atoms in total. The van der Waals surface area contributed by atoms with Gasteiger partial charge in [-0.05, 0) is 24.6 Å². The van der Waals surface area contributed by atoms with Crippen molar-refractivity contribution in [3.63, 3.8) is 0 Å². The zero-order valence-electron chi connectivity index (χ0n) is 12.7. The molecule has 1 aromatic rings. The Hall–Kier alpha value is -2.15. The highest BCUT2D eigenvalue weighted by Crippen LogP contribution is 2.21. The minimum atomic E-state index is -0.446. The number of nitro benzene ring substituents is 1. The van der Waals surface area contributed by atoms with Gasteiger partial charge in [0.2, 0.25) is 5.91 Å². The quantitative estimate of drug-likeness (QED) is 0.467. The number of amides is 1. The van der Waals surface area contributed by atoms with Gasteiger partial charge in [0.25, 0.3) is 5.69 Å². The van der Waals surface area contributed by atoms with Crippen molar-refractivity contribution >= 4 is 17.3 Å². The molecule has 21 heavy (non-hydrogen) atoms. The number of non-ortho nitro benzene ring substituents is 1. The number of likely N-dealkylation sites (N-methyl/N-ethyl adjacent to an activating group) is 1. The number of hydrogen-bond donors (Lipinski definition) is 1. The second-order valence-corrected chi connectivity index (χ2v) is 5.14. The molecule has 1 amide bonds. The molecule has 0 radical (unpaired) electrons. The van der Waals surface area contributed by atoms with E-state index in [0.29, 0.717) is 17.8 Å². The summed E-state index contributed by atoms with van der Waals surface area (Å²) in [5.41, 5.74) is 7.06. The number of anilines is 1. The minimum absolute atomic E-state index is 0.00699. The van der Waals surface area contributed by atoms with Crippen LogP contribution in [0.1, 0.15) is 18.9 Å². The number of rotatable bonds is 7. The summed E-state index contributed by atoms with van der Waals surface area (Å²) in [6.07, 6.45) is 0.884. The van der Waals surface area contributed by atoms with Crippen molar-refractivity contribution in [1.82, 2.24) is 9.80 Å². The highest BCUT2D eigenvalue weighted by atomic mass is 16.6. The lowest BCUT2D eigenvalue weighted by Gasteiger charge is -2.23. The zero-order valence-corrected chi connectivity index (χ0v) is 12.7. The van der Waals surface area contributed by atoms with E-state index in [1.165, 1.54) is 23.1 Å². The van der Waals surface area contributed by atoms with Crippen LogP contribution < -0.4 is 5.73 Å². The van der Waals surface area contributed by atoms with Gasteiger partial charge in [0.05, 0.1) is 11.5 Å². The van der Waals surface area contributed by atoms with Crippen LogP contribution in [0.3, 0.4) is 0 Å². The smallest absolute Gasteiger partial charge is 0.269 e. The lowest BCUT2D eigenvalue weighted by atomic mass is 10.1.